The van der Waals surface area contributed by atoms with Crippen LogP contribution in [0.1, 0.15) is 6.42 Å². The maximum absolute atomic E-state index is 11.3. The molecule has 1 atom stereocenters. The third kappa shape index (κ3) is 3.86. The van der Waals surface area contributed by atoms with Gasteiger partial charge in [0.2, 0.25) is 5.91 Å². The molecule has 0 aromatic rings. The lowest BCUT2D eigenvalue weighted by molar-refractivity contribution is -0.128. The van der Waals surface area contributed by atoms with Crippen LogP contribution in [-0.4, -0.2) is 56.1 Å². The van der Waals surface area contributed by atoms with Gasteiger partial charge in [-0.25, -0.2) is 0 Å². The van der Waals surface area contributed by atoms with Gasteiger partial charge in [0.15, 0.2) is 0 Å². The van der Waals surface area contributed by atoms with E-state index in [1.165, 1.54) is 0 Å². The summed E-state index contributed by atoms with van der Waals surface area (Å²) in [6.07, 6.45) is 0.557. The fourth-order valence-electron chi connectivity index (χ4n) is 1.39. The second kappa shape index (κ2) is 6.27. The van der Waals surface area contributed by atoms with Crippen molar-refractivity contribution in [2.45, 2.75) is 11.7 Å². The summed E-state index contributed by atoms with van der Waals surface area (Å²) in [5.41, 5.74) is 0. The number of ether oxygens (including phenoxy) is 2. The number of hydrogen-bond acceptors (Lipinski definition) is 4. The predicted octanol–water partition coefficient (Wildman–Crippen LogP) is 0.180. The number of rotatable bonds is 6. The Balaban J connectivity index is 2.04. The number of methoxy groups -OCH3 is 1. The molecule has 1 heterocycles. The third-order valence-corrected chi connectivity index (χ3v) is 2.48. The number of likely N-dealkylation sites (tertiary alicyclic amines) is 1. The molecule has 0 aliphatic carbocycles. The van der Waals surface area contributed by atoms with Crippen molar-refractivity contribution >= 4 is 18.5 Å². The molecule has 1 rings (SSSR count). The van der Waals surface area contributed by atoms with Gasteiger partial charge in [-0.3, -0.25) is 4.79 Å². The molecule has 1 saturated heterocycles. The highest BCUT2D eigenvalue weighted by atomic mass is 32.1. The Morgan fingerprint density at radius 1 is 1.50 bits per heavy atom. The number of hydrogen-bond donors (Lipinski definition) is 1. The highest BCUT2D eigenvalue weighted by Crippen LogP contribution is 2.14. The highest BCUT2D eigenvalue weighted by Gasteiger charge is 2.26. The molecule has 1 aliphatic rings. The van der Waals surface area contributed by atoms with Crippen molar-refractivity contribution in [3.63, 3.8) is 0 Å². The van der Waals surface area contributed by atoms with Crippen LogP contribution < -0.4 is 0 Å². The molecule has 82 valence electrons. The maximum atomic E-state index is 11.3. The number of thiol groups is 1. The van der Waals surface area contributed by atoms with Crippen LogP contribution in [0.25, 0.3) is 0 Å². The number of carbonyl (C=O) groups is 1. The van der Waals surface area contributed by atoms with E-state index in [1.807, 2.05) is 0 Å². The van der Waals surface area contributed by atoms with E-state index < -0.39 is 0 Å². The van der Waals surface area contributed by atoms with Crippen molar-refractivity contribution < 1.29 is 14.3 Å². The molecule has 0 saturated carbocycles. The van der Waals surface area contributed by atoms with Crippen LogP contribution in [-0.2, 0) is 14.3 Å². The fourth-order valence-corrected chi connectivity index (χ4v) is 1.74. The van der Waals surface area contributed by atoms with Crippen LogP contribution in [0.15, 0.2) is 0 Å². The molecular weight excluding hydrogens is 202 g/mol. The van der Waals surface area contributed by atoms with E-state index in [9.17, 15) is 4.79 Å². The van der Waals surface area contributed by atoms with E-state index in [0.29, 0.717) is 32.8 Å². The summed E-state index contributed by atoms with van der Waals surface area (Å²) in [4.78, 5) is 13.1. The van der Waals surface area contributed by atoms with Gasteiger partial charge in [-0.05, 0) is 0 Å². The molecule has 0 radical (unpaired) electrons. The Morgan fingerprint density at radius 3 is 2.86 bits per heavy atom. The van der Waals surface area contributed by atoms with E-state index in [0.717, 1.165) is 6.54 Å². The van der Waals surface area contributed by atoms with Crippen molar-refractivity contribution in [3.05, 3.63) is 0 Å². The molecular formula is C9H17NO3S. The topological polar surface area (TPSA) is 38.8 Å². The Kier molecular flexibility index (Phi) is 5.29. The predicted molar refractivity (Wildman–Crippen MR) is 56.7 cm³/mol. The van der Waals surface area contributed by atoms with Gasteiger partial charge >= 0.3 is 0 Å². The van der Waals surface area contributed by atoms with Gasteiger partial charge < -0.3 is 14.4 Å². The van der Waals surface area contributed by atoms with Gasteiger partial charge in [0.25, 0.3) is 0 Å². The van der Waals surface area contributed by atoms with Crippen LogP contribution in [0.5, 0.6) is 0 Å². The summed E-state index contributed by atoms with van der Waals surface area (Å²) >= 11 is 4.27. The van der Waals surface area contributed by atoms with Crippen LogP contribution in [0.3, 0.4) is 0 Å². The average molecular weight is 219 g/mol. The molecule has 5 heteroatoms. The summed E-state index contributed by atoms with van der Waals surface area (Å²) in [5.74, 6) is 0.181. The van der Waals surface area contributed by atoms with Gasteiger partial charge in [-0.1, -0.05) is 0 Å². The van der Waals surface area contributed by atoms with Crippen LogP contribution in [0.4, 0.5) is 0 Å². The van der Waals surface area contributed by atoms with Crippen LogP contribution >= 0.6 is 12.6 Å². The molecule has 0 aromatic heterocycles. The first kappa shape index (κ1) is 11.8. The lowest BCUT2D eigenvalue weighted by Gasteiger charge is -2.15. The highest BCUT2D eigenvalue weighted by molar-refractivity contribution is 7.81. The summed E-state index contributed by atoms with van der Waals surface area (Å²) in [6.45, 7) is 3.18. The van der Waals surface area contributed by atoms with Crippen molar-refractivity contribution in [2.24, 2.45) is 0 Å². The minimum atomic E-state index is 0.181. The molecule has 4 nitrogen and oxygen atoms in total. The minimum Gasteiger partial charge on any atom is -0.382 e. The number of amides is 1. The van der Waals surface area contributed by atoms with Gasteiger partial charge in [-0.2, -0.15) is 12.6 Å². The zero-order chi connectivity index (χ0) is 10.4. The Hall–Kier alpha value is -0.260. The summed E-state index contributed by atoms with van der Waals surface area (Å²) in [5, 5.41) is 0.196. The Labute approximate surface area is 90.0 Å². The van der Waals surface area contributed by atoms with Gasteiger partial charge in [-0.15, -0.1) is 0 Å². The zero-order valence-corrected chi connectivity index (χ0v) is 9.33. The molecule has 14 heavy (non-hydrogen) atoms. The van der Waals surface area contributed by atoms with Crippen molar-refractivity contribution in [3.8, 4) is 0 Å². The van der Waals surface area contributed by atoms with Gasteiger partial charge in [0, 0.05) is 31.9 Å². The van der Waals surface area contributed by atoms with E-state index >= 15 is 0 Å². The standard InChI is InChI=1S/C9H17NO3S/c1-12-4-5-13-3-2-10-7-8(14)6-9(10)11/h8,14H,2-7H2,1H3. The van der Waals surface area contributed by atoms with Crippen molar-refractivity contribution in [1.82, 2.24) is 4.90 Å². The SMILES string of the molecule is COCCOCCN1CC(S)CC1=O. The van der Waals surface area contributed by atoms with Crippen LogP contribution in [0.2, 0.25) is 0 Å². The normalized spacial score (nSPS) is 22.0. The lowest BCUT2D eigenvalue weighted by atomic mass is 10.4. The van der Waals surface area contributed by atoms with E-state index in [4.69, 9.17) is 9.47 Å². The summed E-state index contributed by atoms with van der Waals surface area (Å²) < 4.78 is 10.1. The van der Waals surface area contributed by atoms with Crippen LogP contribution in [0, 0.1) is 0 Å². The Bertz CT molecular complexity index is 189. The second-order valence-corrected chi connectivity index (χ2v) is 4.03. The largest absolute Gasteiger partial charge is 0.382 e. The van der Waals surface area contributed by atoms with E-state index in [-0.39, 0.29) is 11.2 Å². The Morgan fingerprint density at radius 2 is 2.29 bits per heavy atom. The second-order valence-electron chi connectivity index (χ2n) is 3.30. The third-order valence-electron chi connectivity index (χ3n) is 2.13. The van der Waals surface area contributed by atoms with E-state index in [1.54, 1.807) is 12.0 Å². The quantitative estimate of drug-likeness (QED) is 0.511. The summed E-state index contributed by atoms with van der Waals surface area (Å²) in [6, 6.07) is 0. The molecule has 0 N–H and O–H groups in total. The van der Waals surface area contributed by atoms with E-state index in [2.05, 4.69) is 12.6 Å². The maximum Gasteiger partial charge on any atom is 0.223 e. The van der Waals surface area contributed by atoms with Crippen molar-refractivity contribution in [2.75, 3.05) is 40.0 Å². The first-order chi connectivity index (χ1) is 6.74. The first-order valence-corrected chi connectivity index (χ1v) is 5.28. The number of nitrogens with zero attached hydrogens (tertiary/aromatic N) is 1. The van der Waals surface area contributed by atoms with Crippen molar-refractivity contribution in [1.29, 1.82) is 0 Å². The molecule has 1 aliphatic heterocycles. The molecule has 1 unspecified atom stereocenters. The average Bonchev–Trinajstić information content (AvgIpc) is 2.45. The molecule has 0 aromatic carbocycles. The lowest BCUT2D eigenvalue weighted by Crippen LogP contribution is -2.29. The van der Waals surface area contributed by atoms with Gasteiger partial charge in [0.05, 0.1) is 19.8 Å². The van der Waals surface area contributed by atoms with Gasteiger partial charge in [0.1, 0.15) is 0 Å². The monoisotopic (exact) mass is 219 g/mol. The summed E-state index contributed by atoms with van der Waals surface area (Å²) in [7, 11) is 1.64. The molecule has 1 fully saturated rings. The number of carbonyl (C=O) groups excluding carboxylic acids is 1. The molecule has 0 bridgehead atoms. The molecule has 1 amide bonds. The fraction of sp³-hybridized carbons (Fsp3) is 0.889. The molecule has 0 spiro atoms. The first-order valence-electron chi connectivity index (χ1n) is 4.76. The smallest absolute Gasteiger partial charge is 0.223 e. The zero-order valence-electron chi connectivity index (χ0n) is 8.44. The minimum absolute atomic E-state index is 0.181.